The fraction of sp³-hybridized carbons (Fsp3) is 0.500. The zero-order chi connectivity index (χ0) is 15.6. The first-order valence-corrected chi connectivity index (χ1v) is 9.06. The number of para-hydroxylation sites is 1. The van der Waals surface area contributed by atoms with Crippen LogP contribution >= 0.6 is 12.2 Å². The molecule has 1 saturated heterocycles. The Balaban J connectivity index is 2.16. The summed E-state index contributed by atoms with van der Waals surface area (Å²) in [5.74, 6) is 0.385. The lowest BCUT2D eigenvalue weighted by Crippen LogP contribution is -2.51. The average molecular weight is 327 g/mol. The third-order valence-electron chi connectivity index (χ3n) is 3.58. The van der Waals surface area contributed by atoms with E-state index >= 15 is 0 Å². The maximum Gasteiger partial charge on any atom is 0.188 e. The molecule has 116 valence electrons. The molecule has 0 radical (unpaired) electrons. The van der Waals surface area contributed by atoms with Crippen LogP contribution in [0.3, 0.4) is 0 Å². The molecule has 0 unspecified atom stereocenters. The minimum atomic E-state index is -2.94. The first-order valence-electron chi connectivity index (χ1n) is 6.83. The van der Waals surface area contributed by atoms with Crippen LogP contribution in [-0.2, 0) is 9.84 Å². The van der Waals surface area contributed by atoms with Crippen LogP contribution in [0.1, 0.15) is 12.0 Å². The highest BCUT2D eigenvalue weighted by Crippen LogP contribution is 2.21. The van der Waals surface area contributed by atoms with Gasteiger partial charge in [0.1, 0.15) is 0 Å². The number of benzene rings is 1. The highest BCUT2D eigenvalue weighted by atomic mass is 32.2. The lowest BCUT2D eigenvalue weighted by molar-refractivity contribution is 0.0757. The minimum Gasteiger partial charge on any atom is -0.331 e. The monoisotopic (exact) mass is 327 g/mol. The number of nitrogens with zero attached hydrogens (tertiary/aromatic N) is 2. The second-order valence-corrected chi connectivity index (χ2v) is 8.11. The van der Waals surface area contributed by atoms with Crippen molar-refractivity contribution in [2.45, 2.75) is 19.4 Å². The van der Waals surface area contributed by atoms with Crippen molar-refractivity contribution in [1.29, 1.82) is 0 Å². The van der Waals surface area contributed by atoms with Crippen LogP contribution in [0.15, 0.2) is 24.3 Å². The van der Waals surface area contributed by atoms with Gasteiger partial charge in [-0.2, -0.15) is 0 Å². The molecule has 1 aromatic carbocycles. The van der Waals surface area contributed by atoms with E-state index in [-0.39, 0.29) is 17.5 Å². The van der Waals surface area contributed by atoms with E-state index in [9.17, 15) is 8.42 Å². The Bertz CT molecular complexity index is 629. The van der Waals surface area contributed by atoms with Gasteiger partial charge in [-0.1, -0.05) is 18.2 Å². The quantitative estimate of drug-likeness (QED) is 0.673. The summed E-state index contributed by atoms with van der Waals surface area (Å²) in [5, 5.41) is 7.44. The van der Waals surface area contributed by atoms with Crippen LogP contribution in [-0.4, -0.2) is 55.2 Å². The summed E-state index contributed by atoms with van der Waals surface area (Å²) >= 11 is 5.48. The van der Waals surface area contributed by atoms with Crippen molar-refractivity contribution < 1.29 is 8.42 Å². The lowest BCUT2D eigenvalue weighted by atomic mass is 10.2. The molecule has 7 heteroatoms. The van der Waals surface area contributed by atoms with E-state index in [1.54, 1.807) is 0 Å². The van der Waals surface area contributed by atoms with Gasteiger partial charge in [-0.05, 0) is 37.2 Å². The van der Waals surface area contributed by atoms with Crippen LogP contribution < -0.4 is 5.32 Å². The van der Waals surface area contributed by atoms with Crippen molar-refractivity contribution in [1.82, 2.24) is 10.0 Å². The Hall–Kier alpha value is -1.18. The molecule has 0 aliphatic carbocycles. The molecule has 1 heterocycles. The van der Waals surface area contributed by atoms with E-state index in [2.05, 4.69) is 5.32 Å². The number of hydrogen-bond donors (Lipinski definition) is 1. The van der Waals surface area contributed by atoms with Crippen LogP contribution in [0.4, 0.5) is 5.69 Å². The van der Waals surface area contributed by atoms with Gasteiger partial charge in [-0.15, -0.1) is 0 Å². The van der Waals surface area contributed by atoms with Gasteiger partial charge in [0.25, 0.3) is 0 Å². The number of nitrogens with one attached hydrogen (secondary N) is 1. The number of anilines is 1. The molecule has 1 aromatic rings. The fourth-order valence-corrected chi connectivity index (χ4v) is 4.64. The molecule has 0 amide bonds. The molecule has 21 heavy (non-hydrogen) atoms. The van der Waals surface area contributed by atoms with Gasteiger partial charge in [0, 0.05) is 19.8 Å². The molecule has 1 atom stereocenters. The summed E-state index contributed by atoms with van der Waals surface area (Å²) in [7, 11) is 0.799. The van der Waals surface area contributed by atoms with Crippen molar-refractivity contribution >= 4 is 32.9 Å². The van der Waals surface area contributed by atoms with Gasteiger partial charge < -0.3 is 5.32 Å². The van der Waals surface area contributed by atoms with E-state index in [4.69, 9.17) is 12.2 Å². The summed E-state index contributed by atoms with van der Waals surface area (Å²) in [4.78, 5) is 0. The van der Waals surface area contributed by atoms with E-state index < -0.39 is 9.84 Å². The predicted molar refractivity (Wildman–Crippen MR) is 90.0 cm³/mol. The zero-order valence-corrected chi connectivity index (χ0v) is 14.2. The van der Waals surface area contributed by atoms with Crippen molar-refractivity contribution in [3.8, 4) is 0 Å². The molecule has 0 bridgehead atoms. The highest BCUT2D eigenvalue weighted by Gasteiger charge is 2.34. The van der Waals surface area contributed by atoms with Crippen molar-refractivity contribution in [3.05, 3.63) is 29.8 Å². The second-order valence-electron chi connectivity index (χ2n) is 5.49. The van der Waals surface area contributed by atoms with Crippen molar-refractivity contribution in [2.24, 2.45) is 0 Å². The van der Waals surface area contributed by atoms with Gasteiger partial charge in [0.05, 0.1) is 17.5 Å². The summed E-state index contributed by atoms with van der Waals surface area (Å²) in [6, 6.07) is 7.77. The molecule has 1 N–H and O–H groups in total. The summed E-state index contributed by atoms with van der Waals surface area (Å²) in [6.45, 7) is 2.00. The first-order chi connectivity index (χ1) is 9.80. The summed E-state index contributed by atoms with van der Waals surface area (Å²) in [6.07, 6.45) is 0.607. The first kappa shape index (κ1) is 16.2. The second kappa shape index (κ2) is 6.29. The smallest absolute Gasteiger partial charge is 0.188 e. The number of rotatable bonds is 3. The third kappa shape index (κ3) is 3.93. The van der Waals surface area contributed by atoms with Crippen LogP contribution in [0.25, 0.3) is 0 Å². The Morgan fingerprint density at radius 1 is 1.33 bits per heavy atom. The highest BCUT2D eigenvalue weighted by molar-refractivity contribution is 7.91. The standard InChI is InChI=1S/C14H21N3O2S2/c1-11-6-4-5-7-13(11)15-14(20)17(16(2)3)12-8-9-21(18,19)10-12/h4-7,12H,8-10H2,1-3H3,(H,15,20)/t12-/m0/s1. The van der Waals surface area contributed by atoms with Gasteiger partial charge in [0.15, 0.2) is 14.9 Å². The number of hydrogen-bond acceptors (Lipinski definition) is 4. The van der Waals surface area contributed by atoms with Crippen LogP contribution in [0.5, 0.6) is 0 Å². The number of thiocarbonyl (C=S) groups is 1. The average Bonchev–Trinajstić information content (AvgIpc) is 2.72. The number of hydrazine groups is 1. The van der Waals surface area contributed by atoms with Gasteiger partial charge >= 0.3 is 0 Å². The summed E-state index contributed by atoms with van der Waals surface area (Å²) < 4.78 is 23.4. The molecule has 1 aliphatic heterocycles. The Morgan fingerprint density at radius 2 is 2.00 bits per heavy atom. The van der Waals surface area contributed by atoms with Crippen LogP contribution in [0.2, 0.25) is 0 Å². The molecule has 0 aromatic heterocycles. The third-order valence-corrected chi connectivity index (χ3v) is 5.62. The molecule has 1 aliphatic rings. The van der Waals surface area contributed by atoms with Crippen molar-refractivity contribution in [2.75, 3.05) is 30.9 Å². The molecule has 0 saturated carbocycles. The van der Waals surface area contributed by atoms with Gasteiger partial charge in [0.2, 0.25) is 0 Å². The predicted octanol–water partition coefficient (Wildman–Crippen LogP) is 1.66. The number of sulfone groups is 1. The largest absolute Gasteiger partial charge is 0.331 e. The van der Waals surface area contributed by atoms with Crippen LogP contribution in [0, 0.1) is 6.92 Å². The SMILES string of the molecule is Cc1ccccc1NC(=S)N([C@H]1CCS(=O)(=O)C1)N(C)C. The van der Waals surface area contributed by atoms with E-state index in [0.29, 0.717) is 11.5 Å². The minimum absolute atomic E-state index is 0.103. The van der Waals surface area contributed by atoms with E-state index in [1.807, 2.05) is 55.3 Å². The molecular weight excluding hydrogens is 306 g/mol. The van der Waals surface area contributed by atoms with Gasteiger partial charge in [-0.25, -0.2) is 13.4 Å². The maximum absolute atomic E-state index is 11.7. The van der Waals surface area contributed by atoms with Gasteiger partial charge in [-0.3, -0.25) is 5.01 Å². The Morgan fingerprint density at radius 3 is 2.52 bits per heavy atom. The molecule has 5 nitrogen and oxygen atoms in total. The lowest BCUT2D eigenvalue weighted by Gasteiger charge is -2.36. The van der Waals surface area contributed by atoms with E-state index in [0.717, 1.165) is 11.3 Å². The Kier molecular flexibility index (Phi) is 4.85. The normalized spacial score (nSPS) is 20.5. The van der Waals surface area contributed by atoms with Crippen molar-refractivity contribution in [3.63, 3.8) is 0 Å². The van der Waals surface area contributed by atoms with E-state index in [1.165, 1.54) is 0 Å². The zero-order valence-electron chi connectivity index (χ0n) is 12.5. The summed E-state index contributed by atoms with van der Waals surface area (Å²) in [5.41, 5.74) is 2.04. The number of aryl methyl sites for hydroxylation is 1. The maximum atomic E-state index is 11.7. The molecular formula is C14H21N3O2S2. The molecule has 1 fully saturated rings. The fourth-order valence-electron chi connectivity index (χ4n) is 2.53. The topological polar surface area (TPSA) is 52.7 Å². The Labute approximate surface area is 131 Å². The molecule has 2 rings (SSSR count). The molecule has 0 spiro atoms.